The molecule has 0 spiro atoms. The zero-order valence-corrected chi connectivity index (χ0v) is 12.5. The molecule has 0 fully saturated rings. The van der Waals surface area contributed by atoms with Crippen LogP contribution in [0.25, 0.3) is 0 Å². The molecule has 1 rings (SSSR count). The first-order valence-corrected chi connectivity index (χ1v) is 6.97. The Morgan fingerprint density at radius 1 is 1.39 bits per heavy atom. The molecular weight excluding hydrogens is 224 g/mol. The van der Waals surface area contributed by atoms with Crippen LogP contribution in [0.5, 0.6) is 0 Å². The molecule has 0 bridgehead atoms. The van der Waals surface area contributed by atoms with Crippen LogP contribution in [0.2, 0.25) is 0 Å². The fourth-order valence-electron chi connectivity index (χ4n) is 1.80. The summed E-state index contributed by atoms with van der Waals surface area (Å²) in [6.45, 7) is 11.8. The number of likely N-dealkylation sites (N-methyl/N-ethyl adjacent to an activating group) is 1. The summed E-state index contributed by atoms with van der Waals surface area (Å²) < 4.78 is 2.24. The van der Waals surface area contributed by atoms with E-state index in [0.717, 1.165) is 19.6 Å². The van der Waals surface area contributed by atoms with Gasteiger partial charge in [-0.25, -0.2) is 4.98 Å². The van der Waals surface area contributed by atoms with E-state index in [1.54, 1.807) is 0 Å². The van der Waals surface area contributed by atoms with Crippen molar-refractivity contribution >= 4 is 0 Å². The first-order valence-electron chi connectivity index (χ1n) is 6.97. The topological polar surface area (TPSA) is 33.1 Å². The highest BCUT2D eigenvalue weighted by molar-refractivity contribution is 4.98. The highest BCUT2D eigenvalue weighted by Crippen LogP contribution is 2.03. The van der Waals surface area contributed by atoms with E-state index < -0.39 is 0 Å². The van der Waals surface area contributed by atoms with Gasteiger partial charge < -0.3 is 14.8 Å². The average Bonchev–Trinajstić information content (AvgIpc) is 2.79. The monoisotopic (exact) mass is 252 g/mol. The molecule has 0 aliphatic rings. The lowest BCUT2D eigenvalue weighted by Crippen LogP contribution is -2.32. The largest absolute Gasteiger partial charge is 0.332 e. The third-order valence-corrected chi connectivity index (χ3v) is 3.53. The predicted molar refractivity (Wildman–Crippen MR) is 76.6 cm³/mol. The molecule has 0 aromatic carbocycles. The highest BCUT2D eigenvalue weighted by Gasteiger charge is 2.08. The lowest BCUT2D eigenvalue weighted by Gasteiger charge is -2.24. The molecule has 1 atom stereocenters. The minimum Gasteiger partial charge on any atom is -0.332 e. The Kier molecular flexibility index (Phi) is 6.36. The second-order valence-corrected chi connectivity index (χ2v) is 5.35. The van der Waals surface area contributed by atoms with Gasteiger partial charge in [0.25, 0.3) is 0 Å². The van der Waals surface area contributed by atoms with E-state index in [9.17, 15) is 0 Å². The third kappa shape index (κ3) is 4.78. The molecule has 0 radical (unpaired) electrons. The number of nitrogens with one attached hydrogen (secondary N) is 1. The van der Waals surface area contributed by atoms with Crippen molar-refractivity contribution in [3.8, 4) is 0 Å². The van der Waals surface area contributed by atoms with Crippen LogP contribution in [0.1, 0.15) is 39.8 Å². The van der Waals surface area contributed by atoms with E-state index in [-0.39, 0.29) is 0 Å². The molecular formula is C14H28N4. The van der Waals surface area contributed by atoms with Gasteiger partial charge in [-0.05, 0) is 20.4 Å². The number of imidazole rings is 1. The number of hydrogen-bond acceptors (Lipinski definition) is 3. The Labute approximate surface area is 111 Å². The summed E-state index contributed by atoms with van der Waals surface area (Å²) in [6.07, 6.45) is 5.09. The van der Waals surface area contributed by atoms with E-state index in [1.807, 2.05) is 12.5 Å². The maximum atomic E-state index is 4.25. The fourth-order valence-corrected chi connectivity index (χ4v) is 1.80. The molecule has 18 heavy (non-hydrogen) atoms. The van der Waals surface area contributed by atoms with Gasteiger partial charge in [0.05, 0.1) is 12.0 Å². The van der Waals surface area contributed by atoms with Gasteiger partial charge in [0.2, 0.25) is 0 Å². The lowest BCUT2D eigenvalue weighted by atomic mass is 10.2. The van der Waals surface area contributed by atoms with Crippen LogP contribution >= 0.6 is 0 Å². The molecule has 0 aliphatic carbocycles. The summed E-state index contributed by atoms with van der Waals surface area (Å²) >= 11 is 0. The van der Waals surface area contributed by atoms with Crippen LogP contribution in [0.3, 0.4) is 0 Å². The normalized spacial score (nSPS) is 13.5. The van der Waals surface area contributed by atoms with Gasteiger partial charge in [0.15, 0.2) is 0 Å². The summed E-state index contributed by atoms with van der Waals surface area (Å²) in [4.78, 5) is 6.65. The van der Waals surface area contributed by atoms with Crippen molar-refractivity contribution in [2.45, 2.75) is 59.3 Å². The molecule has 0 saturated carbocycles. The fraction of sp³-hybridized carbons (Fsp3) is 0.786. The van der Waals surface area contributed by atoms with Crippen LogP contribution in [0.15, 0.2) is 12.5 Å². The van der Waals surface area contributed by atoms with Crippen molar-refractivity contribution in [1.82, 2.24) is 19.8 Å². The summed E-state index contributed by atoms with van der Waals surface area (Å²) in [7, 11) is 2.19. The van der Waals surface area contributed by atoms with E-state index in [1.165, 1.54) is 12.1 Å². The van der Waals surface area contributed by atoms with Crippen LogP contribution in [0.4, 0.5) is 0 Å². The quantitative estimate of drug-likeness (QED) is 0.769. The van der Waals surface area contributed by atoms with Crippen LogP contribution in [-0.2, 0) is 13.1 Å². The number of nitrogens with zero attached hydrogens (tertiary/aromatic N) is 3. The maximum Gasteiger partial charge on any atom is 0.0949 e. The smallest absolute Gasteiger partial charge is 0.0949 e. The van der Waals surface area contributed by atoms with Crippen molar-refractivity contribution in [1.29, 1.82) is 0 Å². The van der Waals surface area contributed by atoms with Crippen molar-refractivity contribution < 1.29 is 0 Å². The molecule has 1 N–H and O–H groups in total. The summed E-state index contributed by atoms with van der Waals surface area (Å²) in [5.41, 5.74) is 1.27. The Hall–Kier alpha value is -0.870. The second-order valence-electron chi connectivity index (χ2n) is 5.35. The molecule has 1 unspecified atom stereocenters. The van der Waals surface area contributed by atoms with E-state index in [0.29, 0.717) is 12.1 Å². The first kappa shape index (κ1) is 15.2. The lowest BCUT2D eigenvalue weighted by molar-refractivity contribution is 0.241. The van der Waals surface area contributed by atoms with E-state index >= 15 is 0 Å². The van der Waals surface area contributed by atoms with E-state index in [2.05, 4.69) is 54.5 Å². The van der Waals surface area contributed by atoms with Gasteiger partial charge in [-0.2, -0.15) is 0 Å². The standard InChI is InChI=1S/C14H28N4/c1-6-13(4)17(5)7-8-18-11-15-9-14(18)10-16-12(2)3/h9,11-13,16H,6-8,10H2,1-5H3. The molecule has 4 heteroatoms. The van der Waals surface area contributed by atoms with Crippen LogP contribution in [0, 0.1) is 0 Å². The van der Waals surface area contributed by atoms with Crippen molar-refractivity contribution in [3.63, 3.8) is 0 Å². The molecule has 4 nitrogen and oxygen atoms in total. The molecule has 0 saturated heterocycles. The molecule has 1 heterocycles. The minimum absolute atomic E-state index is 0.510. The molecule has 0 amide bonds. The molecule has 1 aromatic rings. The highest BCUT2D eigenvalue weighted by atomic mass is 15.2. The Morgan fingerprint density at radius 3 is 2.72 bits per heavy atom. The maximum absolute atomic E-state index is 4.25. The zero-order valence-electron chi connectivity index (χ0n) is 12.5. The zero-order chi connectivity index (χ0) is 13.5. The van der Waals surface area contributed by atoms with Gasteiger partial charge in [0, 0.05) is 37.9 Å². The Morgan fingerprint density at radius 2 is 2.11 bits per heavy atom. The van der Waals surface area contributed by atoms with Gasteiger partial charge >= 0.3 is 0 Å². The van der Waals surface area contributed by atoms with Gasteiger partial charge in [-0.15, -0.1) is 0 Å². The summed E-state index contributed by atoms with van der Waals surface area (Å²) in [5, 5.41) is 3.44. The number of hydrogen-bond donors (Lipinski definition) is 1. The summed E-state index contributed by atoms with van der Waals surface area (Å²) in [5.74, 6) is 0. The number of aromatic nitrogens is 2. The molecule has 1 aromatic heterocycles. The third-order valence-electron chi connectivity index (χ3n) is 3.53. The van der Waals surface area contributed by atoms with Crippen LogP contribution in [-0.4, -0.2) is 40.1 Å². The molecule has 104 valence electrons. The van der Waals surface area contributed by atoms with Crippen molar-refractivity contribution in [2.24, 2.45) is 0 Å². The predicted octanol–water partition coefficient (Wildman–Crippen LogP) is 2.11. The Balaban J connectivity index is 2.45. The second kappa shape index (κ2) is 7.54. The first-order chi connectivity index (χ1) is 8.54. The van der Waals surface area contributed by atoms with Crippen LogP contribution < -0.4 is 5.32 Å². The van der Waals surface area contributed by atoms with Crippen molar-refractivity contribution in [3.05, 3.63) is 18.2 Å². The SMILES string of the molecule is CCC(C)N(C)CCn1cncc1CNC(C)C. The van der Waals surface area contributed by atoms with E-state index in [4.69, 9.17) is 0 Å². The summed E-state index contributed by atoms with van der Waals surface area (Å²) in [6, 6.07) is 1.15. The number of rotatable bonds is 8. The average molecular weight is 252 g/mol. The molecule has 0 aliphatic heterocycles. The minimum atomic E-state index is 0.510. The van der Waals surface area contributed by atoms with Gasteiger partial charge in [0.1, 0.15) is 0 Å². The Bertz CT molecular complexity index is 332. The van der Waals surface area contributed by atoms with Crippen molar-refractivity contribution in [2.75, 3.05) is 13.6 Å². The van der Waals surface area contributed by atoms with Gasteiger partial charge in [-0.1, -0.05) is 20.8 Å². The van der Waals surface area contributed by atoms with Gasteiger partial charge in [-0.3, -0.25) is 0 Å².